The predicted molar refractivity (Wildman–Crippen MR) is 77.9 cm³/mol. The average Bonchev–Trinajstić information content (AvgIpc) is 2.80. The lowest BCUT2D eigenvalue weighted by Crippen LogP contribution is -2.53. The Bertz CT molecular complexity index is 332. The van der Waals surface area contributed by atoms with Gasteiger partial charge in [0.25, 0.3) is 0 Å². The maximum atomic E-state index is 3.80. The summed E-state index contributed by atoms with van der Waals surface area (Å²) in [5, 5.41) is 7.49. The van der Waals surface area contributed by atoms with E-state index in [9.17, 15) is 0 Å². The smallest absolute Gasteiger partial charge is 0.0486 e. The molecular formula is C16H29N3. The molecule has 4 aliphatic rings. The lowest BCUT2D eigenvalue weighted by atomic mass is 9.59. The van der Waals surface area contributed by atoms with Gasteiger partial charge in [-0.15, -0.1) is 0 Å². The van der Waals surface area contributed by atoms with E-state index in [-0.39, 0.29) is 0 Å². The van der Waals surface area contributed by atoms with Gasteiger partial charge in [0.2, 0.25) is 0 Å². The Morgan fingerprint density at radius 2 is 1.95 bits per heavy atom. The van der Waals surface area contributed by atoms with Crippen LogP contribution in [0, 0.1) is 23.7 Å². The fourth-order valence-corrected chi connectivity index (χ4v) is 5.65. The van der Waals surface area contributed by atoms with Crippen LogP contribution < -0.4 is 10.6 Å². The Kier molecular flexibility index (Phi) is 3.33. The fraction of sp³-hybridized carbons (Fsp3) is 1.00. The van der Waals surface area contributed by atoms with Crippen LogP contribution in [0.2, 0.25) is 0 Å². The van der Waals surface area contributed by atoms with Crippen LogP contribution in [0.15, 0.2) is 0 Å². The Balaban J connectivity index is 1.50. The second-order valence-corrected chi connectivity index (χ2v) is 7.50. The summed E-state index contributed by atoms with van der Waals surface area (Å²) in [7, 11) is 0. The van der Waals surface area contributed by atoms with E-state index >= 15 is 0 Å². The van der Waals surface area contributed by atoms with Crippen molar-refractivity contribution in [2.24, 2.45) is 23.7 Å². The number of nitrogens with zero attached hydrogens (tertiary/aromatic N) is 1. The van der Waals surface area contributed by atoms with Crippen LogP contribution in [0.4, 0.5) is 0 Å². The van der Waals surface area contributed by atoms with Crippen LogP contribution in [-0.2, 0) is 0 Å². The summed E-state index contributed by atoms with van der Waals surface area (Å²) in [6.07, 6.45) is 7.26. The molecule has 2 heterocycles. The normalized spacial score (nSPS) is 49.7. The van der Waals surface area contributed by atoms with Crippen molar-refractivity contribution in [3.8, 4) is 0 Å². The molecule has 0 aromatic rings. The van der Waals surface area contributed by atoms with Gasteiger partial charge in [-0.05, 0) is 75.4 Å². The maximum absolute atomic E-state index is 3.80. The number of piperidine rings is 1. The van der Waals surface area contributed by atoms with Crippen molar-refractivity contribution in [3.63, 3.8) is 0 Å². The second kappa shape index (κ2) is 5.01. The second-order valence-electron chi connectivity index (χ2n) is 7.50. The van der Waals surface area contributed by atoms with E-state index in [0.717, 1.165) is 42.4 Å². The van der Waals surface area contributed by atoms with Gasteiger partial charge in [0.05, 0.1) is 0 Å². The molecule has 4 fully saturated rings. The summed E-state index contributed by atoms with van der Waals surface area (Å²) in [5.74, 6) is 4.03. The average molecular weight is 263 g/mol. The van der Waals surface area contributed by atoms with E-state index in [4.69, 9.17) is 0 Å². The minimum atomic E-state index is 0.805. The molecule has 4 rings (SSSR count). The molecule has 0 aromatic carbocycles. The molecule has 0 radical (unpaired) electrons. The molecule has 0 amide bonds. The molecule has 3 nitrogen and oxygen atoms in total. The molecule has 3 heteroatoms. The molecule has 108 valence electrons. The SMILES string of the molecule is CCCN1CNC2CC3CC4CNCC(C4)C3CC21. The first kappa shape index (κ1) is 12.6. The quantitative estimate of drug-likeness (QED) is 0.793. The molecule has 2 aliphatic heterocycles. The van der Waals surface area contributed by atoms with Gasteiger partial charge in [-0.25, -0.2) is 0 Å². The highest BCUT2D eigenvalue weighted by Crippen LogP contribution is 2.48. The van der Waals surface area contributed by atoms with Gasteiger partial charge in [0.1, 0.15) is 0 Å². The Morgan fingerprint density at radius 1 is 1.05 bits per heavy atom. The van der Waals surface area contributed by atoms with E-state index in [1.165, 1.54) is 51.7 Å². The molecule has 2 saturated heterocycles. The third-order valence-corrected chi connectivity index (χ3v) is 6.39. The molecule has 0 aromatic heterocycles. The summed E-state index contributed by atoms with van der Waals surface area (Å²) >= 11 is 0. The lowest BCUT2D eigenvalue weighted by Gasteiger charge is -2.51. The minimum absolute atomic E-state index is 0.805. The zero-order valence-electron chi connectivity index (χ0n) is 12.3. The standard InChI is InChI=1S/C16H29N3/c1-2-3-19-10-18-15-6-12-4-11-5-13(9-17-8-11)14(12)7-16(15)19/h11-18H,2-10H2,1H3. The topological polar surface area (TPSA) is 27.3 Å². The monoisotopic (exact) mass is 263 g/mol. The van der Waals surface area contributed by atoms with Crippen LogP contribution in [0.25, 0.3) is 0 Å². The molecule has 2 saturated carbocycles. The zero-order valence-corrected chi connectivity index (χ0v) is 12.3. The van der Waals surface area contributed by atoms with Crippen molar-refractivity contribution in [2.75, 3.05) is 26.3 Å². The number of fused-ring (bicyclic) bond motifs is 5. The van der Waals surface area contributed by atoms with Gasteiger partial charge in [0.15, 0.2) is 0 Å². The van der Waals surface area contributed by atoms with Gasteiger partial charge >= 0.3 is 0 Å². The molecule has 0 spiro atoms. The number of nitrogens with one attached hydrogen (secondary N) is 2. The summed E-state index contributed by atoms with van der Waals surface area (Å²) < 4.78 is 0. The number of hydrogen-bond donors (Lipinski definition) is 2. The third-order valence-electron chi connectivity index (χ3n) is 6.39. The fourth-order valence-electron chi connectivity index (χ4n) is 5.65. The van der Waals surface area contributed by atoms with E-state index in [0.29, 0.717) is 0 Å². The zero-order chi connectivity index (χ0) is 12.8. The third kappa shape index (κ3) is 2.14. The van der Waals surface area contributed by atoms with Crippen molar-refractivity contribution in [1.29, 1.82) is 0 Å². The molecule has 19 heavy (non-hydrogen) atoms. The van der Waals surface area contributed by atoms with E-state index < -0.39 is 0 Å². The summed E-state index contributed by atoms with van der Waals surface area (Å²) in [4.78, 5) is 2.73. The lowest BCUT2D eigenvalue weighted by molar-refractivity contribution is 0.0134. The first-order valence-corrected chi connectivity index (χ1v) is 8.53. The van der Waals surface area contributed by atoms with Crippen molar-refractivity contribution in [1.82, 2.24) is 15.5 Å². The van der Waals surface area contributed by atoms with Crippen molar-refractivity contribution in [2.45, 2.75) is 51.1 Å². The number of rotatable bonds is 2. The number of hydrogen-bond acceptors (Lipinski definition) is 3. The van der Waals surface area contributed by atoms with Gasteiger partial charge < -0.3 is 5.32 Å². The summed E-state index contributed by atoms with van der Waals surface area (Å²) in [5.41, 5.74) is 0. The minimum Gasteiger partial charge on any atom is -0.316 e. The Hall–Kier alpha value is -0.120. The summed E-state index contributed by atoms with van der Waals surface area (Å²) in [6.45, 7) is 7.35. The highest BCUT2D eigenvalue weighted by atomic mass is 15.3. The van der Waals surface area contributed by atoms with Gasteiger partial charge in [0, 0.05) is 18.8 Å². The van der Waals surface area contributed by atoms with Crippen molar-refractivity contribution < 1.29 is 0 Å². The van der Waals surface area contributed by atoms with Crippen molar-refractivity contribution in [3.05, 3.63) is 0 Å². The van der Waals surface area contributed by atoms with Crippen LogP contribution in [0.3, 0.4) is 0 Å². The van der Waals surface area contributed by atoms with E-state index in [1.54, 1.807) is 0 Å². The van der Waals surface area contributed by atoms with E-state index in [2.05, 4.69) is 22.5 Å². The summed E-state index contributed by atoms with van der Waals surface area (Å²) in [6, 6.07) is 1.65. The van der Waals surface area contributed by atoms with Gasteiger partial charge in [-0.3, -0.25) is 10.2 Å². The van der Waals surface area contributed by atoms with Gasteiger partial charge in [-0.2, -0.15) is 0 Å². The molecule has 2 bridgehead atoms. The molecule has 2 N–H and O–H groups in total. The molecule has 6 unspecified atom stereocenters. The molecular weight excluding hydrogens is 234 g/mol. The van der Waals surface area contributed by atoms with Gasteiger partial charge in [-0.1, -0.05) is 6.92 Å². The first-order valence-electron chi connectivity index (χ1n) is 8.53. The highest BCUT2D eigenvalue weighted by molar-refractivity contribution is 5.03. The van der Waals surface area contributed by atoms with Crippen LogP contribution >= 0.6 is 0 Å². The van der Waals surface area contributed by atoms with E-state index in [1.807, 2.05) is 0 Å². The highest BCUT2D eigenvalue weighted by Gasteiger charge is 2.48. The first-order chi connectivity index (χ1) is 9.35. The van der Waals surface area contributed by atoms with Crippen LogP contribution in [0.1, 0.15) is 39.0 Å². The molecule has 2 aliphatic carbocycles. The predicted octanol–water partition coefficient (Wildman–Crippen LogP) is 1.65. The largest absolute Gasteiger partial charge is 0.316 e. The van der Waals surface area contributed by atoms with Crippen molar-refractivity contribution >= 4 is 0 Å². The van der Waals surface area contributed by atoms with Crippen LogP contribution in [-0.4, -0.2) is 43.3 Å². The Morgan fingerprint density at radius 3 is 2.84 bits per heavy atom. The van der Waals surface area contributed by atoms with Crippen LogP contribution in [0.5, 0.6) is 0 Å². The molecule has 6 atom stereocenters. The maximum Gasteiger partial charge on any atom is 0.0486 e. The Labute approximate surface area is 117 Å².